The number of halogens is 2. The molecule has 0 aliphatic heterocycles. The molecule has 1 unspecified atom stereocenters. The Morgan fingerprint density at radius 1 is 1.53 bits per heavy atom. The van der Waals surface area contributed by atoms with Crippen LogP contribution in [0.5, 0.6) is 0 Å². The van der Waals surface area contributed by atoms with Crippen molar-refractivity contribution in [3.05, 3.63) is 34.1 Å². The number of aliphatic hydroxyl groups excluding tert-OH is 1. The topological polar surface area (TPSA) is 54.4 Å². The van der Waals surface area contributed by atoms with Gasteiger partial charge in [0.15, 0.2) is 0 Å². The van der Waals surface area contributed by atoms with Crippen LogP contribution in [0.15, 0.2) is 22.7 Å². The molecule has 0 amide bonds. The molecule has 0 fully saturated rings. The van der Waals surface area contributed by atoms with Crippen molar-refractivity contribution in [1.29, 1.82) is 0 Å². The lowest BCUT2D eigenvalue weighted by Gasteiger charge is -2.12. The van der Waals surface area contributed by atoms with E-state index in [4.69, 9.17) is 0 Å². The molecule has 0 heterocycles. The number of rotatable bonds is 3. The van der Waals surface area contributed by atoms with E-state index in [2.05, 4.69) is 15.9 Å². The van der Waals surface area contributed by atoms with Crippen LogP contribution >= 0.6 is 15.9 Å². The Morgan fingerprint density at radius 3 is 2.60 bits per heavy atom. The highest BCUT2D eigenvalue weighted by molar-refractivity contribution is 9.10. The maximum atomic E-state index is 13.3. The van der Waals surface area contributed by atoms with E-state index in [9.17, 15) is 17.9 Å². The van der Waals surface area contributed by atoms with Gasteiger partial charge in [0, 0.05) is 16.3 Å². The molecule has 1 aromatic rings. The van der Waals surface area contributed by atoms with E-state index in [1.54, 1.807) is 6.07 Å². The predicted molar refractivity (Wildman–Crippen MR) is 58.8 cm³/mol. The molecule has 0 aliphatic rings. The van der Waals surface area contributed by atoms with Crippen molar-refractivity contribution in [3.63, 3.8) is 0 Å². The summed E-state index contributed by atoms with van der Waals surface area (Å²) in [4.78, 5) is 0. The monoisotopic (exact) mass is 296 g/mol. The molecule has 6 heteroatoms. The molecule has 0 aliphatic carbocycles. The molecule has 15 heavy (non-hydrogen) atoms. The lowest BCUT2D eigenvalue weighted by molar-refractivity contribution is 0.196. The van der Waals surface area contributed by atoms with Crippen LogP contribution in [0.4, 0.5) is 4.39 Å². The number of sulfone groups is 1. The van der Waals surface area contributed by atoms with E-state index < -0.39 is 27.5 Å². The highest BCUT2D eigenvalue weighted by atomic mass is 79.9. The minimum Gasteiger partial charge on any atom is -0.387 e. The van der Waals surface area contributed by atoms with Crippen molar-refractivity contribution in [1.82, 2.24) is 0 Å². The molecule has 1 atom stereocenters. The first-order valence-electron chi connectivity index (χ1n) is 4.11. The molecule has 0 bridgehead atoms. The predicted octanol–water partition coefficient (Wildman–Crippen LogP) is 1.67. The molecule has 1 aromatic carbocycles. The summed E-state index contributed by atoms with van der Waals surface area (Å²) >= 11 is 3.06. The lowest BCUT2D eigenvalue weighted by atomic mass is 10.1. The second kappa shape index (κ2) is 4.59. The van der Waals surface area contributed by atoms with Gasteiger partial charge >= 0.3 is 0 Å². The Balaban J connectivity index is 3.06. The highest BCUT2D eigenvalue weighted by Crippen LogP contribution is 2.26. The summed E-state index contributed by atoms with van der Waals surface area (Å²) in [5.41, 5.74) is -0.0251. The third-order valence-electron chi connectivity index (χ3n) is 1.79. The molecule has 0 saturated carbocycles. The van der Waals surface area contributed by atoms with E-state index in [-0.39, 0.29) is 5.56 Å². The Kier molecular flexibility index (Phi) is 3.86. The summed E-state index contributed by atoms with van der Waals surface area (Å²) in [6.45, 7) is 0. The Hall–Kier alpha value is -0.460. The van der Waals surface area contributed by atoms with E-state index in [0.29, 0.717) is 4.47 Å². The molecule has 0 saturated heterocycles. The number of hydrogen-bond acceptors (Lipinski definition) is 3. The second-order valence-electron chi connectivity index (χ2n) is 3.24. The maximum absolute atomic E-state index is 13.3. The van der Waals surface area contributed by atoms with Gasteiger partial charge in [-0.1, -0.05) is 22.0 Å². The van der Waals surface area contributed by atoms with Crippen LogP contribution in [0, 0.1) is 5.82 Å². The van der Waals surface area contributed by atoms with Gasteiger partial charge in [0.2, 0.25) is 0 Å². The molecule has 0 aromatic heterocycles. The van der Waals surface area contributed by atoms with Crippen LogP contribution in [0.2, 0.25) is 0 Å². The molecule has 0 radical (unpaired) electrons. The molecular formula is C9H10BrFO3S. The van der Waals surface area contributed by atoms with E-state index >= 15 is 0 Å². The van der Waals surface area contributed by atoms with E-state index in [1.165, 1.54) is 12.1 Å². The smallest absolute Gasteiger partial charge is 0.150 e. The maximum Gasteiger partial charge on any atom is 0.150 e. The standard InChI is InChI=1S/C9H10BrFO3S/c1-15(13,14)5-8(12)9-6(10)3-2-4-7(9)11/h2-4,8,12H,5H2,1H3. The van der Waals surface area contributed by atoms with Gasteiger partial charge in [-0.25, -0.2) is 12.8 Å². The van der Waals surface area contributed by atoms with Crippen LogP contribution in [-0.2, 0) is 9.84 Å². The summed E-state index contributed by atoms with van der Waals surface area (Å²) in [6, 6.07) is 4.19. The van der Waals surface area contributed by atoms with Gasteiger partial charge in [-0.3, -0.25) is 0 Å². The molecule has 1 N–H and O–H groups in total. The summed E-state index contributed by atoms with van der Waals surface area (Å²) in [5, 5.41) is 9.57. The first-order valence-corrected chi connectivity index (χ1v) is 6.96. The average molecular weight is 297 g/mol. The number of benzene rings is 1. The van der Waals surface area contributed by atoms with Crippen molar-refractivity contribution in [2.45, 2.75) is 6.10 Å². The Bertz CT molecular complexity index is 438. The molecular weight excluding hydrogens is 287 g/mol. The van der Waals surface area contributed by atoms with Gasteiger partial charge in [-0.2, -0.15) is 0 Å². The summed E-state index contributed by atoms with van der Waals surface area (Å²) in [6.07, 6.45) is -0.360. The van der Waals surface area contributed by atoms with Crippen molar-refractivity contribution < 1.29 is 17.9 Å². The number of aliphatic hydroxyl groups is 1. The fourth-order valence-corrected chi connectivity index (χ4v) is 2.55. The zero-order chi connectivity index (χ0) is 11.6. The first-order chi connectivity index (χ1) is 6.81. The second-order valence-corrected chi connectivity index (χ2v) is 6.28. The summed E-state index contributed by atoms with van der Waals surface area (Å²) < 4.78 is 35.5. The quantitative estimate of drug-likeness (QED) is 0.923. The van der Waals surface area contributed by atoms with Gasteiger partial charge < -0.3 is 5.11 Å². The number of hydrogen-bond donors (Lipinski definition) is 1. The van der Waals surface area contributed by atoms with Gasteiger partial charge in [0.1, 0.15) is 15.7 Å². The Labute approximate surface area is 96.0 Å². The first kappa shape index (κ1) is 12.6. The van der Waals surface area contributed by atoms with Crippen molar-refractivity contribution in [3.8, 4) is 0 Å². The zero-order valence-electron chi connectivity index (χ0n) is 7.94. The normalized spacial score (nSPS) is 13.9. The van der Waals surface area contributed by atoms with Crippen molar-refractivity contribution in [2.75, 3.05) is 12.0 Å². The Morgan fingerprint density at radius 2 is 2.13 bits per heavy atom. The van der Waals surface area contributed by atoms with Gasteiger partial charge in [0.05, 0.1) is 11.9 Å². The van der Waals surface area contributed by atoms with Gasteiger partial charge in [-0.05, 0) is 12.1 Å². The SMILES string of the molecule is CS(=O)(=O)CC(O)c1c(F)cccc1Br. The third-order valence-corrected chi connectivity index (χ3v) is 3.41. The highest BCUT2D eigenvalue weighted by Gasteiger charge is 2.20. The van der Waals surface area contributed by atoms with Gasteiger partial charge in [0.25, 0.3) is 0 Å². The fraction of sp³-hybridized carbons (Fsp3) is 0.333. The van der Waals surface area contributed by atoms with Crippen molar-refractivity contribution in [2.24, 2.45) is 0 Å². The molecule has 0 spiro atoms. The molecule has 1 rings (SSSR count). The lowest BCUT2D eigenvalue weighted by Crippen LogP contribution is -2.14. The summed E-state index contributed by atoms with van der Waals surface area (Å²) in [7, 11) is -3.34. The van der Waals surface area contributed by atoms with Crippen LogP contribution in [0.3, 0.4) is 0 Å². The zero-order valence-corrected chi connectivity index (χ0v) is 10.3. The van der Waals surface area contributed by atoms with Crippen molar-refractivity contribution >= 4 is 25.8 Å². The average Bonchev–Trinajstić information content (AvgIpc) is 1.99. The van der Waals surface area contributed by atoms with Crippen LogP contribution in [0.1, 0.15) is 11.7 Å². The van der Waals surface area contributed by atoms with Gasteiger partial charge in [-0.15, -0.1) is 0 Å². The fourth-order valence-electron chi connectivity index (χ4n) is 1.20. The van der Waals surface area contributed by atoms with E-state index in [0.717, 1.165) is 6.26 Å². The van der Waals surface area contributed by atoms with Crippen LogP contribution < -0.4 is 0 Å². The van der Waals surface area contributed by atoms with E-state index in [1.807, 2.05) is 0 Å². The minimum absolute atomic E-state index is 0.0251. The largest absolute Gasteiger partial charge is 0.387 e. The minimum atomic E-state index is -3.34. The third kappa shape index (κ3) is 3.55. The van der Waals surface area contributed by atoms with Crippen LogP contribution in [0.25, 0.3) is 0 Å². The summed E-state index contributed by atoms with van der Waals surface area (Å²) in [5.74, 6) is -1.12. The molecule has 3 nitrogen and oxygen atoms in total. The van der Waals surface area contributed by atoms with Crippen LogP contribution in [-0.4, -0.2) is 25.5 Å². The molecule has 84 valence electrons.